The molecule has 0 unspecified atom stereocenters. The van der Waals surface area contributed by atoms with Gasteiger partial charge in [0.15, 0.2) is 0 Å². The van der Waals surface area contributed by atoms with E-state index in [1.165, 1.54) is 4.31 Å². The van der Waals surface area contributed by atoms with E-state index >= 15 is 0 Å². The molecule has 1 saturated heterocycles. The molecule has 3 aromatic carbocycles. The molecule has 0 aliphatic carbocycles. The molecule has 0 radical (unpaired) electrons. The van der Waals surface area contributed by atoms with Crippen molar-refractivity contribution in [3.05, 3.63) is 71.2 Å². The molecule has 5 rings (SSSR count). The molecule has 3 aromatic rings. The number of carbonyl (C=O) groups excluding carboxylic acids is 1. The third-order valence-electron chi connectivity index (χ3n) is 6.04. The Hall–Kier alpha value is -2.61. The maximum absolute atomic E-state index is 13.4. The average molecular weight is 457 g/mol. The molecule has 160 valence electrons. The van der Waals surface area contributed by atoms with E-state index in [4.69, 9.17) is 16.3 Å². The Morgan fingerprint density at radius 3 is 2.35 bits per heavy atom. The van der Waals surface area contributed by atoms with Crippen LogP contribution in [0.5, 0.6) is 0 Å². The standard InChI is InChI=1S/C23H21ClN2O4S/c24-20-9-10-22(19-7-3-2-6-18(19)20)31(28,29)25-13-11-17(12-14-25)26-21-8-4-1-5-16(21)15-30-23(26)27/h1-10,17H,11-15H2. The van der Waals surface area contributed by atoms with E-state index in [2.05, 4.69) is 0 Å². The van der Waals surface area contributed by atoms with E-state index in [-0.39, 0.29) is 23.6 Å². The number of nitrogens with zero attached hydrogens (tertiary/aromatic N) is 2. The van der Waals surface area contributed by atoms with Gasteiger partial charge in [-0.3, -0.25) is 4.90 Å². The number of carbonyl (C=O) groups is 1. The number of ether oxygens (including phenoxy) is 1. The van der Waals surface area contributed by atoms with Gasteiger partial charge in [0, 0.05) is 40.5 Å². The van der Waals surface area contributed by atoms with Crippen molar-refractivity contribution < 1.29 is 17.9 Å². The third-order valence-corrected chi connectivity index (χ3v) is 8.32. The maximum Gasteiger partial charge on any atom is 0.414 e. The zero-order valence-corrected chi connectivity index (χ0v) is 18.3. The quantitative estimate of drug-likeness (QED) is 0.567. The molecule has 2 heterocycles. The number of halogens is 1. The summed E-state index contributed by atoms with van der Waals surface area (Å²) in [5.74, 6) is 0. The van der Waals surface area contributed by atoms with E-state index in [9.17, 15) is 13.2 Å². The molecule has 8 heteroatoms. The van der Waals surface area contributed by atoms with Gasteiger partial charge in [-0.25, -0.2) is 13.2 Å². The Morgan fingerprint density at radius 1 is 0.903 bits per heavy atom. The van der Waals surface area contributed by atoms with Crippen molar-refractivity contribution in [3.8, 4) is 0 Å². The number of hydrogen-bond donors (Lipinski definition) is 0. The molecule has 1 amide bonds. The lowest BCUT2D eigenvalue weighted by atomic mass is 10.0. The van der Waals surface area contributed by atoms with Gasteiger partial charge in [-0.1, -0.05) is 54.1 Å². The van der Waals surface area contributed by atoms with Crippen LogP contribution in [-0.2, 0) is 21.4 Å². The van der Waals surface area contributed by atoms with Crippen molar-refractivity contribution >= 4 is 44.2 Å². The monoisotopic (exact) mass is 456 g/mol. The van der Waals surface area contributed by atoms with Crippen LogP contribution >= 0.6 is 11.6 Å². The molecule has 31 heavy (non-hydrogen) atoms. The summed E-state index contributed by atoms with van der Waals surface area (Å²) in [4.78, 5) is 14.4. The van der Waals surface area contributed by atoms with Crippen molar-refractivity contribution in [2.24, 2.45) is 0 Å². The first-order valence-corrected chi connectivity index (χ1v) is 12.0. The van der Waals surface area contributed by atoms with Gasteiger partial charge >= 0.3 is 6.09 Å². The second-order valence-corrected chi connectivity index (χ2v) is 10.1. The fourth-order valence-electron chi connectivity index (χ4n) is 4.46. The highest BCUT2D eigenvalue weighted by Gasteiger charge is 2.37. The van der Waals surface area contributed by atoms with Crippen LogP contribution < -0.4 is 4.90 Å². The molecule has 2 aliphatic rings. The van der Waals surface area contributed by atoms with Crippen LogP contribution in [0.1, 0.15) is 18.4 Å². The Labute approximate surface area is 186 Å². The van der Waals surface area contributed by atoms with E-state index in [0.29, 0.717) is 41.7 Å². The van der Waals surface area contributed by atoms with E-state index in [0.717, 1.165) is 11.3 Å². The average Bonchev–Trinajstić information content (AvgIpc) is 2.79. The fourth-order valence-corrected chi connectivity index (χ4v) is 6.35. The second kappa shape index (κ2) is 7.82. The Kier molecular flexibility index (Phi) is 5.12. The minimum absolute atomic E-state index is 0.109. The topological polar surface area (TPSA) is 66.9 Å². The zero-order chi connectivity index (χ0) is 21.6. The Morgan fingerprint density at radius 2 is 1.58 bits per heavy atom. The smallest absolute Gasteiger partial charge is 0.414 e. The summed E-state index contributed by atoms with van der Waals surface area (Å²) < 4.78 is 33.7. The number of rotatable bonds is 3. The van der Waals surface area contributed by atoms with Crippen LogP contribution in [0, 0.1) is 0 Å². The largest absolute Gasteiger partial charge is 0.444 e. The van der Waals surface area contributed by atoms with Gasteiger partial charge < -0.3 is 4.74 Å². The first-order chi connectivity index (χ1) is 15.0. The van der Waals surface area contributed by atoms with Crippen LogP contribution in [0.3, 0.4) is 0 Å². The Bertz CT molecular complexity index is 1270. The maximum atomic E-state index is 13.4. The number of cyclic esters (lactones) is 1. The molecular weight excluding hydrogens is 436 g/mol. The van der Waals surface area contributed by atoms with Crippen LogP contribution in [-0.4, -0.2) is 37.9 Å². The van der Waals surface area contributed by atoms with Gasteiger partial charge in [0.2, 0.25) is 10.0 Å². The summed E-state index contributed by atoms with van der Waals surface area (Å²) in [6.45, 7) is 0.925. The van der Waals surface area contributed by atoms with Gasteiger partial charge in [-0.2, -0.15) is 4.31 Å². The highest BCUT2D eigenvalue weighted by atomic mass is 35.5. The van der Waals surface area contributed by atoms with Gasteiger partial charge in [0.25, 0.3) is 0 Å². The molecule has 0 spiro atoms. The Balaban J connectivity index is 1.40. The number of benzene rings is 3. The number of piperidine rings is 1. The highest BCUT2D eigenvalue weighted by Crippen LogP contribution is 2.35. The van der Waals surface area contributed by atoms with Crippen molar-refractivity contribution in [3.63, 3.8) is 0 Å². The summed E-state index contributed by atoms with van der Waals surface area (Å²) in [5.41, 5.74) is 1.81. The lowest BCUT2D eigenvalue weighted by molar-refractivity contribution is 0.136. The lowest BCUT2D eigenvalue weighted by Gasteiger charge is -2.39. The molecule has 6 nitrogen and oxygen atoms in total. The minimum Gasteiger partial charge on any atom is -0.444 e. The van der Waals surface area contributed by atoms with Crippen molar-refractivity contribution in [1.82, 2.24) is 4.31 Å². The van der Waals surface area contributed by atoms with Crippen molar-refractivity contribution in [1.29, 1.82) is 0 Å². The van der Waals surface area contributed by atoms with E-state index < -0.39 is 10.0 Å². The number of sulfonamides is 1. The van der Waals surface area contributed by atoms with Crippen molar-refractivity contribution in [2.45, 2.75) is 30.4 Å². The van der Waals surface area contributed by atoms with Crippen LogP contribution in [0.25, 0.3) is 10.8 Å². The summed E-state index contributed by atoms with van der Waals surface area (Å²) in [6, 6.07) is 18.0. The number of amides is 1. The zero-order valence-electron chi connectivity index (χ0n) is 16.7. The highest BCUT2D eigenvalue weighted by molar-refractivity contribution is 7.89. The first kappa shape index (κ1) is 20.3. The molecule has 0 aromatic heterocycles. The van der Waals surface area contributed by atoms with Crippen LogP contribution in [0.4, 0.5) is 10.5 Å². The number of fused-ring (bicyclic) bond motifs is 2. The van der Waals surface area contributed by atoms with Gasteiger partial charge in [0.05, 0.1) is 10.6 Å². The van der Waals surface area contributed by atoms with Crippen molar-refractivity contribution in [2.75, 3.05) is 18.0 Å². The summed E-state index contributed by atoms with van der Waals surface area (Å²) in [5, 5.41) is 1.86. The van der Waals surface area contributed by atoms with Gasteiger partial charge in [-0.15, -0.1) is 0 Å². The van der Waals surface area contributed by atoms with Crippen LogP contribution in [0.2, 0.25) is 5.02 Å². The lowest BCUT2D eigenvalue weighted by Crippen LogP contribution is -2.50. The molecule has 0 atom stereocenters. The molecule has 1 fully saturated rings. The molecular formula is C23H21ClN2O4S. The summed E-state index contributed by atoms with van der Waals surface area (Å²) in [7, 11) is -3.69. The summed E-state index contributed by atoms with van der Waals surface area (Å²) in [6.07, 6.45) is 0.700. The number of para-hydroxylation sites is 1. The molecule has 0 N–H and O–H groups in total. The van der Waals surface area contributed by atoms with Gasteiger partial charge in [0.1, 0.15) is 6.61 Å². The predicted molar refractivity (Wildman–Crippen MR) is 120 cm³/mol. The predicted octanol–water partition coefficient (Wildman–Crippen LogP) is 4.80. The molecule has 0 saturated carbocycles. The molecule has 2 aliphatic heterocycles. The second-order valence-electron chi connectivity index (χ2n) is 7.78. The van der Waals surface area contributed by atoms with Gasteiger partial charge in [-0.05, 0) is 31.0 Å². The summed E-state index contributed by atoms with van der Waals surface area (Å²) >= 11 is 6.27. The van der Waals surface area contributed by atoms with E-state index in [1.807, 2.05) is 42.5 Å². The third kappa shape index (κ3) is 3.46. The SMILES string of the molecule is O=C1OCc2ccccc2N1C1CCN(S(=O)(=O)c2ccc(Cl)c3ccccc23)CC1. The first-order valence-electron chi connectivity index (χ1n) is 10.2. The number of anilines is 1. The fraction of sp³-hybridized carbons (Fsp3) is 0.261. The molecule has 0 bridgehead atoms. The number of hydrogen-bond acceptors (Lipinski definition) is 4. The van der Waals surface area contributed by atoms with Crippen LogP contribution in [0.15, 0.2) is 65.6 Å². The normalized spacial score (nSPS) is 18.1. The minimum atomic E-state index is -3.69. The van der Waals surface area contributed by atoms with E-state index in [1.54, 1.807) is 23.1 Å².